The van der Waals surface area contributed by atoms with E-state index in [9.17, 15) is 4.79 Å². The average Bonchev–Trinajstić information content (AvgIpc) is 3.17. The second-order valence-corrected chi connectivity index (χ2v) is 7.00. The highest BCUT2D eigenvalue weighted by Crippen LogP contribution is 2.23. The molecule has 0 radical (unpaired) electrons. The van der Waals surface area contributed by atoms with Crippen LogP contribution in [0, 0.1) is 6.92 Å². The molecule has 0 aliphatic rings. The Balaban J connectivity index is 1.55. The molecule has 0 spiro atoms. The third-order valence-corrected chi connectivity index (χ3v) is 4.95. The Kier molecular flexibility index (Phi) is 5.86. The molecule has 1 N–H and O–H groups in total. The summed E-state index contributed by atoms with van der Waals surface area (Å²) in [6, 6.07) is 5.42. The highest BCUT2D eigenvalue weighted by molar-refractivity contribution is 6.42. The molecule has 1 aromatic carbocycles. The van der Waals surface area contributed by atoms with Crippen molar-refractivity contribution < 1.29 is 4.79 Å². The van der Waals surface area contributed by atoms with Crippen LogP contribution in [0.4, 0.5) is 5.69 Å². The smallest absolute Gasteiger partial charge is 0.226 e. The molecule has 0 saturated heterocycles. The normalized spacial score (nSPS) is 10.9. The minimum absolute atomic E-state index is 0.120. The number of aryl methyl sites for hydroxylation is 1. The quantitative estimate of drug-likeness (QED) is 0.651. The Bertz CT molecular complexity index is 934. The van der Waals surface area contributed by atoms with Gasteiger partial charge < -0.3 is 5.32 Å². The number of amides is 1. The minimum Gasteiger partial charge on any atom is -0.323 e. The molecule has 136 valence electrons. The fraction of sp³-hybridized carbons (Fsp3) is 0.235. The van der Waals surface area contributed by atoms with E-state index in [1.807, 2.05) is 13.0 Å². The first-order valence-electron chi connectivity index (χ1n) is 7.86. The van der Waals surface area contributed by atoms with Crippen LogP contribution in [0.15, 0.2) is 36.8 Å². The fourth-order valence-electron chi connectivity index (χ4n) is 2.42. The second-order valence-electron chi connectivity index (χ2n) is 5.77. The molecule has 6 nitrogen and oxygen atoms in total. The number of nitrogens with one attached hydrogen (secondary N) is 1. The number of aromatic nitrogens is 4. The van der Waals surface area contributed by atoms with Crippen molar-refractivity contribution in [1.29, 1.82) is 0 Å². The maximum absolute atomic E-state index is 12.1. The van der Waals surface area contributed by atoms with Crippen molar-refractivity contribution in [2.24, 2.45) is 0 Å². The lowest BCUT2D eigenvalue weighted by atomic mass is 10.2. The molecule has 0 fully saturated rings. The van der Waals surface area contributed by atoms with E-state index in [-0.39, 0.29) is 12.3 Å². The molecule has 0 bridgehead atoms. The summed E-state index contributed by atoms with van der Waals surface area (Å²) >= 11 is 17.9. The molecule has 3 aromatic rings. The summed E-state index contributed by atoms with van der Waals surface area (Å²) in [5.41, 5.74) is 2.44. The Morgan fingerprint density at radius 2 is 1.92 bits per heavy atom. The van der Waals surface area contributed by atoms with Crippen molar-refractivity contribution in [3.63, 3.8) is 0 Å². The standard InChI is InChI=1S/C17H16Cl3N5O/c1-11-16(20)8-22-25(11)5-4-17(26)23-13-7-21-24(10-13)9-12-2-3-14(18)15(19)6-12/h2-3,6-8,10H,4-5,9H2,1H3,(H,23,26). The van der Waals surface area contributed by atoms with Gasteiger partial charge in [0.2, 0.25) is 5.91 Å². The van der Waals surface area contributed by atoms with Gasteiger partial charge in [-0.2, -0.15) is 10.2 Å². The van der Waals surface area contributed by atoms with Gasteiger partial charge in [-0.15, -0.1) is 0 Å². The molecule has 0 aliphatic carbocycles. The number of halogens is 3. The van der Waals surface area contributed by atoms with Crippen LogP contribution >= 0.6 is 34.8 Å². The first-order chi connectivity index (χ1) is 12.4. The number of hydrogen-bond donors (Lipinski definition) is 1. The van der Waals surface area contributed by atoms with Crippen LogP contribution in [0.1, 0.15) is 17.7 Å². The van der Waals surface area contributed by atoms with E-state index in [1.54, 1.807) is 40.1 Å². The first kappa shape index (κ1) is 18.8. The maximum atomic E-state index is 12.1. The monoisotopic (exact) mass is 411 g/mol. The highest BCUT2D eigenvalue weighted by Gasteiger charge is 2.09. The zero-order valence-corrected chi connectivity index (χ0v) is 16.2. The minimum atomic E-state index is -0.120. The molecule has 1 amide bonds. The van der Waals surface area contributed by atoms with Crippen LogP contribution in [-0.2, 0) is 17.9 Å². The predicted octanol–water partition coefficient (Wildman–Crippen LogP) is 4.43. The fourth-order valence-corrected chi connectivity index (χ4v) is 2.88. The maximum Gasteiger partial charge on any atom is 0.226 e. The zero-order valence-electron chi connectivity index (χ0n) is 13.9. The summed E-state index contributed by atoms with van der Waals surface area (Å²) in [5, 5.41) is 12.8. The van der Waals surface area contributed by atoms with E-state index in [0.717, 1.165) is 11.3 Å². The summed E-state index contributed by atoms with van der Waals surface area (Å²) < 4.78 is 3.42. The molecular formula is C17H16Cl3N5O. The number of benzene rings is 1. The molecule has 3 rings (SSSR count). The van der Waals surface area contributed by atoms with Gasteiger partial charge in [0.15, 0.2) is 0 Å². The van der Waals surface area contributed by atoms with Crippen molar-refractivity contribution >= 4 is 46.4 Å². The van der Waals surface area contributed by atoms with Crippen LogP contribution in [-0.4, -0.2) is 25.5 Å². The summed E-state index contributed by atoms with van der Waals surface area (Å²) in [5.74, 6) is -0.120. The van der Waals surface area contributed by atoms with Gasteiger partial charge >= 0.3 is 0 Å². The van der Waals surface area contributed by atoms with Crippen molar-refractivity contribution in [2.45, 2.75) is 26.4 Å². The number of carbonyl (C=O) groups excluding carboxylic acids is 1. The summed E-state index contributed by atoms with van der Waals surface area (Å²) in [7, 11) is 0. The Morgan fingerprint density at radius 1 is 1.12 bits per heavy atom. The van der Waals surface area contributed by atoms with Gasteiger partial charge in [0, 0.05) is 12.6 Å². The van der Waals surface area contributed by atoms with Crippen LogP contribution in [0.25, 0.3) is 0 Å². The average molecular weight is 413 g/mol. The Morgan fingerprint density at radius 3 is 2.62 bits per heavy atom. The lowest BCUT2D eigenvalue weighted by Crippen LogP contribution is -2.15. The third kappa shape index (κ3) is 4.58. The van der Waals surface area contributed by atoms with Gasteiger partial charge in [-0.3, -0.25) is 14.2 Å². The summed E-state index contributed by atoms with van der Waals surface area (Å²) in [6.07, 6.45) is 5.22. The molecule has 0 unspecified atom stereocenters. The van der Waals surface area contributed by atoms with Crippen molar-refractivity contribution in [1.82, 2.24) is 19.6 Å². The molecule has 2 aromatic heterocycles. The Labute approximate surface area is 165 Å². The number of anilines is 1. The van der Waals surface area contributed by atoms with Crippen LogP contribution in [0.3, 0.4) is 0 Å². The predicted molar refractivity (Wildman–Crippen MR) is 103 cm³/mol. The lowest BCUT2D eigenvalue weighted by Gasteiger charge is -2.05. The van der Waals surface area contributed by atoms with Crippen LogP contribution in [0.5, 0.6) is 0 Å². The number of carbonyl (C=O) groups is 1. The van der Waals surface area contributed by atoms with E-state index >= 15 is 0 Å². The topological polar surface area (TPSA) is 64.7 Å². The highest BCUT2D eigenvalue weighted by atomic mass is 35.5. The molecule has 26 heavy (non-hydrogen) atoms. The van der Waals surface area contributed by atoms with Gasteiger partial charge in [-0.05, 0) is 24.6 Å². The molecule has 2 heterocycles. The van der Waals surface area contributed by atoms with Gasteiger partial charge in [0.25, 0.3) is 0 Å². The van der Waals surface area contributed by atoms with Crippen molar-refractivity contribution in [3.8, 4) is 0 Å². The molecule has 0 saturated carbocycles. The number of nitrogens with zero attached hydrogens (tertiary/aromatic N) is 4. The number of hydrogen-bond acceptors (Lipinski definition) is 3. The third-order valence-electron chi connectivity index (χ3n) is 3.84. The van der Waals surface area contributed by atoms with Crippen LogP contribution < -0.4 is 5.32 Å². The van der Waals surface area contributed by atoms with Gasteiger partial charge in [0.05, 0.1) is 51.9 Å². The zero-order chi connectivity index (χ0) is 18.7. The van der Waals surface area contributed by atoms with Gasteiger partial charge in [0.1, 0.15) is 0 Å². The summed E-state index contributed by atoms with van der Waals surface area (Å²) in [4.78, 5) is 12.1. The molecule has 0 aliphatic heterocycles. The van der Waals surface area contributed by atoms with Crippen LogP contribution in [0.2, 0.25) is 15.1 Å². The second kappa shape index (κ2) is 8.12. The molecule has 9 heteroatoms. The molecule has 0 atom stereocenters. The van der Waals surface area contributed by atoms with Gasteiger partial charge in [-0.1, -0.05) is 40.9 Å². The van der Waals surface area contributed by atoms with Gasteiger partial charge in [-0.25, -0.2) is 0 Å². The van der Waals surface area contributed by atoms with E-state index in [2.05, 4.69) is 15.5 Å². The SMILES string of the molecule is Cc1c(Cl)cnn1CCC(=O)Nc1cnn(Cc2ccc(Cl)c(Cl)c2)c1. The molecular weight excluding hydrogens is 397 g/mol. The van der Waals surface area contributed by atoms with Crippen molar-refractivity contribution in [3.05, 3.63) is 63.1 Å². The van der Waals surface area contributed by atoms with E-state index in [4.69, 9.17) is 34.8 Å². The Hall–Kier alpha value is -2.02. The lowest BCUT2D eigenvalue weighted by molar-refractivity contribution is -0.116. The van der Waals surface area contributed by atoms with E-state index in [0.29, 0.717) is 33.8 Å². The first-order valence-corrected chi connectivity index (χ1v) is 9.00. The largest absolute Gasteiger partial charge is 0.323 e. The number of rotatable bonds is 6. The summed E-state index contributed by atoms with van der Waals surface area (Å²) in [6.45, 7) is 2.85. The van der Waals surface area contributed by atoms with E-state index < -0.39 is 0 Å². The van der Waals surface area contributed by atoms with E-state index in [1.165, 1.54) is 0 Å². The van der Waals surface area contributed by atoms with Crippen molar-refractivity contribution in [2.75, 3.05) is 5.32 Å².